The van der Waals surface area contributed by atoms with Gasteiger partial charge in [-0.3, -0.25) is 9.69 Å². The van der Waals surface area contributed by atoms with Gasteiger partial charge in [0.1, 0.15) is 5.75 Å². The van der Waals surface area contributed by atoms with Crippen molar-refractivity contribution < 1.29 is 15.0 Å². The standard InChI is InChI=1S/C13H17BrN2O.C7H14O2/c1-13-4-5-15(2)12(13)16(3)11-9(13)6-8(17)7-10(11)14;1-2-3-4-5-6-7(8)9/h6-7,12,17H,4-5H2,1-3H3;2-6H2,1H3,(H,8,9)/t12-,13+;/m1./s1. The molecule has 1 aromatic carbocycles. The number of phenolic OH excluding ortho intramolecular Hbond substituents is 1. The first kappa shape index (κ1) is 21.0. The predicted octanol–water partition coefficient (Wildman–Crippen LogP) is 4.57. The van der Waals surface area contributed by atoms with Gasteiger partial charge in [0, 0.05) is 29.9 Å². The van der Waals surface area contributed by atoms with Crippen molar-refractivity contribution in [3.63, 3.8) is 0 Å². The molecule has 2 aliphatic rings. The number of carbonyl (C=O) groups is 1. The number of halogens is 1. The molecule has 0 radical (unpaired) electrons. The minimum absolute atomic E-state index is 0.125. The van der Waals surface area contributed by atoms with E-state index in [1.165, 1.54) is 17.7 Å². The number of aliphatic carboxylic acids is 1. The molecule has 2 heterocycles. The van der Waals surface area contributed by atoms with Gasteiger partial charge in [-0.1, -0.05) is 33.1 Å². The van der Waals surface area contributed by atoms with Crippen molar-refractivity contribution in [1.82, 2.24) is 4.90 Å². The van der Waals surface area contributed by atoms with Crippen molar-refractivity contribution in [2.75, 3.05) is 25.5 Å². The number of unbranched alkanes of at least 4 members (excludes halogenated alkanes) is 3. The first-order chi connectivity index (χ1) is 12.2. The fraction of sp³-hybridized carbons (Fsp3) is 0.650. The molecular formula is C20H31BrN2O3. The summed E-state index contributed by atoms with van der Waals surface area (Å²) < 4.78 is 0.985. The SMILES string of the molecule is CCCCCCC(=O)O.CN1CC[C@@]2(C)c3cc(O)cc(Br)c3N(C)[C@@H]12. The van der Waals surface area contributed by atoms with Gasteiger partial charge < -0.3 is 15.1 Å². The van der Waals surface area contributed by atoms with E-state index in [2.05, 4.69) is 53.7 Å². The summed E-state index contributed by atoms with van der Waals surface area (Å²) in [6.07, 6.45) is 6.09. The van der Waals surface area contributed by atoms with Crippen LogP contribution < -0.4 is 4.90 Å². The lowest BCUT2D eigenvalue weighted by Crippen LogP contribution is -2.45. The molecule has 2 N–H and O–H groups in total. The number of aromatic hydroxyl groups is 1. The average Bonchev–Trinajstić information content (AvgIpc) is 2.98. The van der Waals surface area contributed by atoms with Crippen molar-refractivity contribution in [2.45, 2.75) is 64.0 Å². The fourth-order valence-electron chi connectivity index (χ4n) is 4.35. The van der Waals surface area contributed by atoms with Crippen LogP contribution in [0.1, 0.15) is 57.9 Å². The van der Waals surface area contributed by atoms with Crippen LogP contribution in [0.2, 0.25) is 0 Å². The number of carboxylic acid groups (broad SMARTS) is 1. The smallest absolute Gasteiger partial charge is 0.303 e. The van der Waals surface area contributed by atoms with Crippen molar-refractivity contribution >= 4 is 27.6 Å². The Morgan fingerprint density at radius 2 is 2.00 bits per heavy atom. The Labute approximate surface area is 165 Å². The zero-order chi connectivity index (χ0) is 19.5. The highest BCUT2D eigenvalue weighted by Gasteiger charge is 2.52. The van der Waals surface area contributed by atoms with E-state index in [1.807, 2.05) is 6.07 Å². The number of likely N-dealkylation sites (N-methyl/N-ethyl adjacent to an activating group) is 2. The third-order valence-corrected chi connectivity index (χ3v) is 6.20. The maximum Gasteiger partial charge on any atom is 0.303 e. The number of hydrogen-bond donors (Lipinski definition) is 2. The average molecular weight is 427 g/mol. The largest absolute Gasteiger partial charge is 0.508 e. The molecule has 146 valence electrons. The molecule has 1 saturated heterocycles. The molecule has 0 aliphatic carbocycles. The van der Waals surface area contributed by atoms with Crippen molar-refractivity contribution in [2.24, 2.45) is 0 Å². The van der Waals surface area contributed by atoms with Gasteiger partial charge in [0.2, 0.25) is 0 Å². The van der Waals surface area contributed by atoms with Gasteiger partial charge in [0.25, 0.3) is 0 Å². The molecule has 1 fully saturated rings. The number of likely N-dealkylation sites (tertiary alicyclic amines) is 1. The van der Waals surface area contributed by atoms with Crippen molar-refractivity contribution in [1.29, 1.82) is 0 Å². The van der Waals surface area contributed by atoms with Crippen LogP contribution in [0.4, 0.5) is 5.69 Å². The van der Waals surface area contributed by atoms with Crippen LogP contribution in [0.3, 0.4) is 0 Å². The normalized spacial score (nSPS) is 24.0. The van der Waals surface area contributed by atoms with E-state index in [0.29, 0.717) is 18.3 Å². The molecule has 0 aromatic heterocycles. The van der Waals surface area contributed by atoms with Gasteiger partial charge in [-0.15, -0.1) is 0 Å². The van der Waals surface area contributed by atoms with Crippen LogP contribution in [0.5, 0.6) is 5.75 Å². The molecule has 3 rings (SSSR count). The Kier molecular flexibility index (Phi) is 6.97. The topological polar surface area (TPSA) is 64.0 Å². The highest BCUT2D eigenvalue weighted by atomic mass is 79.9. The molecule has 0 amide bonds. The second kappa shape index (κ2) is 8.61. The van der Waals surface area contributed by atoms with Gasteiger partial charge in [-0.05, 0) is 53.5 Å². The number of benzene rings is 1. The number of fused-ring (bicyclic) bond motifs is 3. The number of nitrogens with zero attached hydrogens (tertiary/aromatic N) is 2. The van der Waals surface area contributed by atoms with Crippen molar-refractivity contribution in [3.8, 4) is 5.75 Å². The van der Waals surface area contributed by atoms with E-state index < -0.39 is 5.97 Å². The number of phenols is 1. The van der Waals surface area contributed by atoms with Crippen molar-refractivity contribution in [3.05, 3.63) is 22.2 Å². The number of anilines is 1. The summed E-state index contributed by atoms with van der Waals surface area (Å²) in [6.45, 7) is 5.52. The second-order valence-corrected chi connectivity index (χ2v) is 8.52. The molecule has 5 nitrogen and oxygen atoms in total. The molecule has 6 heteroatoms. The predicted molar refractivity (Wildman–Crippen MR) is 109 cm³/mol. The van der Waals surface area contributed by atoms with Gasteiger partial charge in [0.15, 0.2) is 0 Å². The molecular weight excluding hydrogens is 396 g/mol. The Bertz CT molecular complexity index is 652. The van der Waals surface area contributed by atoms with Gasteiger partial charge >= 0.3 is 5.97 Å². The maximum absolute atomic E-state index is 9.96. The zero-order valence-electron chi connectivity index (χ0n) is 16.3. The van der Waals surface area contributed by atoms with Gasteiger partial charge in [-0.2, -0.15) is 0 Å². The highest BCUT2D eigenvalue weighted by Crippen LogP contribution is 2.54. The molecule has 0 bridgehead atoms. The maximum atomic E-state index is 9.96. The lowest BCUT2D eigenvalue weighted by atomic mass is 9.81. The van der Waals surface area contributed by atoms with Crippen LogP contribution in [0.25, 0.3) is 0 Å². The zero-order valence-corrected chi connectivity index (χ0v) is 17.8. The van der Waals surface area contributed by atoms with E-state index in [1.54, 1.807) is 6.07 Å². The minimum atomic E-state index is -0.675. The van der Waals surface area contributed by atoms with E-state index in [4.69, 9.17) is 5.11 Å². The molecule has 0 unspecified atom stereocenters. The minimum Gasteiger partial charge on any atom is -0.508 e. The van der Waals surface area contributed by atoms with Gasteiger partial charge in [-0.25, -0.2) is 0 Å². The summed E-state index contributed by atoms with van der Waals surface area (Å²) in [7, 11) is 4.31. The van der Waals surface area contributed by atoms with Crippen LogP contribution in [-0.2, 0) is 10.2 Å². The van der Waals surface area contributed by atoms with E-state index >= 15 is 0 Å². The summed E-state index contributed by atoms with van der Waals surface area (Å²) in [6, 6.07) is 3.70. The summed E-state index contributed by atoms with van der Waals surface area (Å²) >= 11 is 3.57. The highest BCUT2D eigenvalue weighted by molar-refractivity contribution is 9.10. The fourth-order valence-corrected chi connectivity index (χ4v) is 5.07. The molecule has 2 aliphatic heterocycles. The second-order valence-electron chi connectivity index (χ2n) is 7.66. The lowest BCUT2D eigenvalue weighted by Gasteiger charge is -2.32. The summed E-state index contributed by atoms with van der Waals surface area (Å²) in [5.74, 6) is -0.327. The molecule has 0 saturated carbocycles. The molecule has 2 atom stereocenters. The summed E-state index contributed by atoms with van der Waals surface area (Å²) in [5.41, 5.74) is 2.61. The summed E-state index contributed by atoms with van der Waals surface area (Å²) in [4.78, 5) is 14.7. The van der Waals surface area contributed by atoms with E-state index in [-0.39, 0.29) is 5.41 Å². The van der Waals surface area contributed by atoms with Crippen LogP contribution >= 0.6 is 15.9 Å². The third-order valence-electron chi connectivity index (χ3n) is 5.60. The Morgan fingerprint density at radius 1 is 1.31 bits per heavy atom. The summed E-state index contributed by atoms with van der Waals surface area (Å²) in [5, 5.41) is 18.0. The Morgan fingerprint density at radius 3 is 2.62 bits per heavy atom. The Hall–Kier alpha value is -1.27. The third kappa shape index (κ3) is 4.17. The van der Waals surface area contributed by atoms with Gasteiger partial charge in [0.05, 0.1) is 11.9 Å². The molecule has 1 aromatic rings. The van der Waals surface area contributed by atoms with E-state index in [0.717, 1.165) is 36.7 Å². The first-order valence-electron chi connectivity index (χ1n) is 9.40. The Balaban J connectivity index is 0.000000232. The van der Waals surface area contributed by atoms with Crippen LogP contribution in [0, 0.1) is 0 Å². The number of carboxylic acids is 1. The van der Waals surface area contributed by atoms with Crippen LogP contribution in [0.15, 0.2) is 16.6 Å². The van der Waals surface area contributed by atoms with E-state index in [9.17, 15) is 9.90 Å². The molecule has 26 heavy (non-hydrogen) atoms. The van der Waals surface area contributed by atoms with Crippen LogP contribution in [-0.4, -0.2) is 47.9 Å². The quantitative estimate of drug-likeness (QED) is 0.675. The molecule has 0 spiro atoms. The lowest BCUT2D eigenvalue weighted by molar-refractivity contribution is -0.137. The number of hydrogen-bond acceptors (Lipinski definition) is 4. The first-order valence-corrected chi connectivity index (χ1v) is 10.2. The number of rotatable bonds is 5. The monoisotopic (exact) mass is 426 g/mol.